The summed E-state index contributed by atoms with van der Waals surface area (Å²) in [5.41, 5.74) is 24.5. The lowest BCUT2D eigenvalue weighted by Gasteiger charge is -2.26. The average molecular weight is 847 g/mol. The van der Waals surface area contributed by atoms with Crippen LogP contribution in [0.4, 0.5) is 0 Å². The molecule has 318 valence electrons. The summed E-state index contributed by atoms with van der Waals surface area (Å²) in [6.45, 7) is 23.5. The van der Waals surface area contributed by atoms with Crippen LogP contribution in [-0.4, -0.2) is 0 Å². The van der Waals surface area contributed by atoms with Gasteiger partial charge in [-0.2, -0.15) is 0 Å². The summed E-state index contributed by atoms with van der Waals surface area (Å²) in [4.78, 5) is 0. The molecule has 66 heavy (non-hydrogen) atoms. The van der Waals surface area contributed by atoms with E-state index in [2.05, 4.69) is 232 Å². The predicted octanol–water partition coefficient (Wildman–Crippen LogP) is 17.8. The molecule has 0 atom stereocenters. The average Bonchev–Trinajstić information content (AvgIpc) is 3.80. The minimum Gasteiger partial charge on any atom is -0.0911 e. The largest absolute Gasteiger partial charge is 0.0911 e. The van der Waals surface area contributed by atoms with E-state index >= 15 is 0 Å². The van der Waals surface area contributed by atoms with E-state index in [-0.39, 0.29) is 21.7 Å². The topological polar surface area (TPSA) is 0 Å². The van der Waals surface area contributed by atoms with Crippen molar-refractivity contribution < 1.29 is 0 Å². The third-order valence-electron chi connectivity index (χ3n) is 16.6. The first-order valence-electron chi connectivity index (χ1n) is 23.8. The van der Waals surface area contributed by atoms with Gasteiger partial charge in [0, 0.05) is 21.7 Å². The van der Waals surface area contributed by atoms with Crippen LogP contribution in [0.2, 0.25) is 0 Å². The Morgan fingerprint density at radius 2 is 0.742 bits per heavy atom. The van der Waals surface area contributed by atoms with Gasteiger partial charge in [0.2, 0.25) is 0 Å². The zero-order valence-corrected chi connectivity index (χ0v) is 39.4. The fraction of sp³-hybridized carbons (Fsp3) is 0.182. The third-order valence-corrected chi connectivity index (χ3v) is 16.6. The molecule has 0 fully saturated rings. The van der Waals surface area contributed by atoms with Gasteiger partial charge >= 0.3 is 0 Å². The molecule has 13 rings (SSSR count). The molecule has 4 aliphatic carbocycles. The molecule has 0 heteroatoms. The van der Waals surface area contributed by atoms with Crippen LogP contribution in [0.25, 0.3) is 93.5 Å². The Bertz CT molecular complexity index is 3760. The highest BCUT2D eigenvalue weighted by atomic mass is 14.4. The number of hydrogen-bond acceptors (Lipinski definition) is 0. The Morgan fingerprint density at radius 1 is 0.318 bits per heavy atom. The molecule has 9 aromatic carbocycles. The van der Waals surface area contributed by atoms with Gasteiger partial charge in [0.05, 0.1) is 0 Å². The van der Waals surface area contributed by atoms with Gasteiger partial charge in [-0.05, 0) is 187 Å². The van der Waals surface area contributed by atoms with Crippen LogP contribution in [0.5, 0.6) is 0 Å². The van der Waals surface area contributed by atoms with Crippen molar-refractivity contribution in [3.05, 3.63) is 221 Å². The van der Waals surface area contributed by atoms with Crippen LogP contribution in [-0.2, 0) is 21.7 Å². The Labute approximate surface area is 389 Å². The van der Waals surface area contributed by atoms with Gasteiger partial charge in [-0.3, -0.25) is 0 Å². The summed E-state index contributed by atoms with van der Waals surface area (Å²) < 4.78 is 0. The number of hydrogen-bond donors (Lipinski definition) is 0. The summed E-state index contributed by atoms with van der Waals surface area (Å²) in [7, 11) is 0. The van der Waals surface area contributed by atoms with Crippen LogP contribution in [0.1, 0.15) is 99.9 Å². The monoisotopic (exact) mass is 846 g/mol. The van der Waals surface area contributed by atoms with Crippen molar-refractivity contribution in [3.63, 3.8) is 0 Å². The zero-order chi connectivity index (χ0) is 45.2. The molecule has 9 aromatic rings. The van der Waals surface area contributed by atoms with Crippen molar-refractivity contribution in [1.29, 1.82) is 0 Å². The summed E-state index contributed by atoms with van der Waals surface area (Å²) in [6.07, 6.45) is 8.71. The fourth-order valence-corrected chi connectivity index (χ4v) is 12.9. The first kappa shape index (κ1) is 39.4. The van der Waals surface area contributed by atoms with E-state index in [1.165, 1.54) is 132 Å². The molecule has 0 saturated carbocycles. The lowest BCUT2D eigenvalue weighted by molar-refractivity contribution is 0.660. The third kappa shape index (κ3) is 5.22. The second kappa shape index (κ2) is 13.1. The lowest BCUT2D eigenvalue weighted by Crippen LogP contribution is -2.16. The molecule has 0 heterocycles. The van der Waals surface area contributed by atoms with E-state index in [9.17, 15) is 0 Å². The predicted molar refractivity (Wildman–Crippen MR) is 283 cm³/mol. The van der Waals surface area contributed by atoms with Crippen LogP contribution < -0.4 is 0 Å². The van der Waals surface area contributed by atoms with E-state index in [0.29, 0.717) is 0 Å². The first-order chi connectivity index (χ1) is 31.6. The summed E-state index contributed by atoms with van der Waals surface area (Å²) in [5.74, 6) is 0. The Balaban J connectivity index is 1.07. The zero-order valence-electron chi connectivity index (χ0n) is 39.4. The Hall–Kier alpha value is -7.02. The molecular weight excluding hydrogens is 793 g/mol. The quantitative estimate of drug-likeness (QED) is 0.155. The SMILES string of the molecule is C=C1/C=C\C=C/C(C)(C)c2ccc(-c3ccc4c(c3)c3cc(-c5ccc6c(c5)-c5ccccc5C6(C)C)cc5c3c3c(cc(-c6ccc7c(c6)-c6ccccc6C7(C)C)cc43)C5(C)C)cc21. The standard InChI is InChI=1S/C66H54/c1-38-16-14-15-29-63(2,3)54-26-22-40(30-48(38)54)39-21-25-45-49(31-39)53-35-44(42-24-28-58-51(33-42)47-18-11-13-20-56(47)65(58,6)7)37-60-62(53)61-52(45)34-43(36-59(61)66(60,8)9)41-23-27-57-50(32-41)46-17-10-12-19-55(46)64(57,4)5/h10-37H,1H2,2-9H3/b16-14-,29-15-. The summed E-state index contributed by atoms with van der Waals surface area (Å²) in [6, 6.07) is 56.8. The van der Waals surface area contributed by atoms with Crippen LogP contribution in [0.15, 0.2) is 176 Å². The maximum atomic E-state index is 4.54. The second-order valence-electron chi connectivity index (χ2n) is 21.9. The molecule has 0 aromatic heterocycles. The number of allylic oxidation sites excluding steroid dienone is 5. The van der Waals surface area contributed by atoms with Gasteiger partial charge in [0.1, 0.15) is 0 Å². The molecule has 0 N–H and O–H groups in total. The van der Waals surface area contributed by atoms with Crippen molar-refractivity contribution in [3.8, 4) is 55.6 Å². The number of fused-ring (bicyclic) bond motifs is 10. The highest BCUT2D eigenvalue weighted by molar-refractivity contribution is 6.30. The molecular formula is C66H54. The fourth-order valence-electron chi connectivity index (χ4n) is 12.9. The maximum absolute atomic E-state index is 4.54. The highest BCUT2D eigenvalue weighted by Crippen LogP contribution is 2.56. The number of benzene rings is 9. The molecule has 0 amide bonds. The molecule has 4 aliphatic rings. The van der Waals surface area contributed by atoms with Crippen LogP contribution in [0, 0.1) is 0 Å². The lowest BCUT2D eigenvalue weighted by atomic mass is 9.78. The smallest absolute Gasteiger partial charge is 0.0159 e. The molecule has 0 spiro atoms. The van der Waals surface area contributed by atoms with E-state index in [1.807, 2.05) is 0 Å². The van der Waals surface area contributed by atoms with E-state index in [1.54, 1.807) is 0 Å². The van der Waals surface area contributed by atoms with Gasteiger partial charge in [-0.1, -0.05) is 183 Å². The summed E-state index contributed by atoms with van der Waals surface area (Å²) >= 11 is 0. The van der Waals surface area contributed by atoms with Crippen molar-refractivity contribution in [1.82, 2.24) is 0 Å². The molecule has 0 bridgehead atoms. The molecule has 0 nitrogen and oxygen atoms in total. The van der Waals surface area contributed by atoms with Gasteiger partial charge in [0.25, 0.3) is 0 Å². The van der Waals surface area contributed by atoms with Gasteiger partial charge in [-0.15, -0.1) is 0 Å². The van der Waals surface area contributed by atoms with Crippen molar-refractivity contribution in [2.24, 2.45) is 0 Å². The van der Waals surface area contributed by atoms with Gasteiger partial charge in [-0.25, -0.2) is 0 Å². The van der Waals surface area contributed by atoms with E-state index < -0.39 is 0 Å². The normalized spacial score (nSPS) is 18.2. The van der Waals surface area contributed by atoms with Crippen molar-refractivity contribution >= 4 is 37.9 Å². The maximum Gasteiger partial charge on any atom is 0.0159 e. The molecule has 0 radical (unpaired) electrons. The van der Waals surface area contributed by atoms with Gasteiger partial charge < -0.3 is 0 Å². The van der Waals surface area contributed by atoms with E-state index in [0.717, 1.165) is 5.57 Å². The Morgan fingerprint density at radius 3 is 1.32 bits per heavy atom. The van der Waals surface area contributed by atoms with E-state index in [4.69, 9.17) is 0 Å². The molecule has 0 aliphatic heterocycles. The van der Waals surface area contributed by atoms with Crippen molar-refractivity contribution in [2.75, 3.05) is 0 Å². The molecule has 0 saturated heterocycles. The minimum absolute atomic E-state index is 0.0328. The highest BCUT2D eigenvalue weighted by Gasteiger charge is 2.39. The minimum atomic E-state index is -0.230. The number of rotatable bonds is 3. The van der Waals surface area contributed by atoms with Gasteiger partial charge in [0.15, 0.2) is 0 Å². The Kier molecular flexibility index (Phi) is 7.80. The van der Waals surface area contributed by atoms with Crippen LogP contribution in [0.3, 0.4) is 0 Å². The first-order valence-corrected chi connectivity index (χ1v) is 23.8. The second-order valence-corrected chi connectivity index (χ2v) is 21.9. The summed E-state index contributed by atoms with van der Waals surface area (Å²) in [5, 5.41) is 8.05. The molecule has 0 unspecified atom stereocenters. The van der Waals surface area contributed by atoms with Crippen molar-refractivity contribution in [2.45, 2.75) is 77.0 Å². The van der Waals surface area contributed by atoms with Crippen LogP contribution >= 0.6 is 0 Å².